The second-order valence-electron chi connectivity index (χ2n) is 5.82. The molecule has 1 aromatic rings. The molecule has 0 unspecified atom stereocenters. The number of ether oxygens (including phenoxy) is 1. The predicted molar refractivity (Wildman–Crippen MR) is 76.8 cm³/mol. The van der Waals surface area contributed by atoms with Gasteiger partial charge in [0.2, 0.25) is 5.91 Å². The maximum Gasteiger partial charge on any atom is 0.310 e. The zero-order valence-corrected chi connectivity index (χ0v) is 11.9. The Morgan fingerprint density at radius 2 is 1.95 bits per heavy atom. The third kappa shape index (κ3) is 2.23. The first-order valence-electron chi connectivity index (χ1n) is 6.88. The highest BCUT2D eigenvalue weighted by molar-refractivity contribution is 5.97. The van der Waals surface area contributed by atoms with Crippen molar-refractivity contribution in [3.05, 3.63) is 42.0 Å². The molecule has 110 valence electrons. The van der Waals surface area contributed by atoms with Gasteiger partial charge in [-0.2, -0.15) is 0 Å². The van der Waals surface area contributed by atoms with Crippen LogP contribution in [0.3, 0.4) is 0 Å². The van der Waals surface area contributed by atoms with Gasteiger partial charge in [-0.3, -0.25) is 9.59 Å². The van der Waals surface area contributed by atoms with Crippen molar-refractivity contribution in [2.45, 2.75) is 25.6 Å². The number of benzene rings is 1. The summed E-state index contributed by atoms with van der Waals surface area (Å²) < 4.78 is 5.67. The molecule has 2 N–H and O–H groups in total. The van der Waals surface area contributed by atoms with Crippen LogP contribution in [0.15, 0.2) is 36.4 Å². The molecule has 3 rings (SSSR count). The first kappa shape index (κ1) is 13.8. The number of nitrogens with one attached hydrogen (secondary N) is 1. The highest BCUT2D eigenvalue weighted by Gasteiger charge is 2.59. The van der Waals surface area contributed by atoms with Gasteiger partial charge in [0, 0.05) is 5.69 Å². The highest BCUT2D eigenvalue weighted by Crippen LogP contribution is 2.47. The van der Waals surface area contributed by atoms with Crippen molar-refractivity contribution in [2.24, 2.45) is 11.8 Å². The van der Waals surface area contributed by atoms with E-state index in [1.54, 1.807) is 31.2 Å². The fraction of sp³-hybridized carbons (Fsp3) is 0.375. The van der Waals surface area contributed by atoms with Crippen LogP contribution >= 0.6 is 0 Å². The van der Waals surface area contributed by atoms with Gasteiger partial charge < -0.3 is 15.2 Å². The van der Waals surface area contributed by atoms with Gasteiger partial charge in [-0.1, -0.05) is 29.8 Å². The molecule has 1 fully saturated rings. The Kier molecular flexibility index (Phi) is 3.10. The van der Waals surface area contributed by atoms with E-state index < -0.39 is 29.5 Å². The van der Waals surface area contributed by atoms with Crippen LogP contribution in [0.2, 0.25) is 0 Å². The minimum atomic E-state index is -1.00. The summed E-state index contributed by atoms with van der Waals surface area (Å²) in [7, 11) is 0. The highest BCUT2D eigenvalue weighted by atomic mass is 16.5. The molecule has 2 aliphatic rings. The minimum absolute atomic E-state index is 0.319. The summed E-state index contributed by atoms with van der Waals surface area (Å²) in [6.07, 6.45) is 2.99. The number of aliphatic carboxylic acids is 1. The van der Waals surface area contributed by atoms with E-state index in [0.29, 0.717) is 5.69 Å². The van der Waals surface area contributed by atoms with E-state index in [9.17, 15) is 14.7 Å². The first-order chi connectivity index (χ1) is 9.90. The molecule has 1 saturated heterocycles. The molecule has 5 nitrogen and oxygen atoms in total. The maximum atomic E-state index is 12.5. The Balaban J connectivity index is 1.84. The van der Waals surface area contributed by atoms with Crippen LogP contribution < -0.4 is 5.32 Å². The van der Waals surface area contributed by atoms with E-state index in [2.05, 4.69) is 5.32 Å². The SMILES string of the molecule is Cc1ccc(NC(=O)[C@H]2[C@@H](C(=O)O)[C@H]3C=C[C@@]2(C)O3)cc1. The van der Waals surface area contributed by atoms with Crippen LogP contribution in [0.4, 0.5) is 5.69 Å². The van der Waals surface area contributed by atoms with Crippen molar-refractivity contribution in [1.29, 1.82) is 0 Å². The molecule has 2 aliphatic heterocycles. The average Bonchev–Trinajstić information content (AvgIpc) is 2.94. The summed E-state index contributed by atoms with van der Waals surface area (Å²) in [5.41, 5.74) is 0.905. The van der Waals surface area contributed by atoms with Crippen molar-refractivity contribution < 1.29 is 19.4 Å². The Labute approximate surface area is 122 Å². The summed E-state index contributed by atoms with van der Waals surface area (Å²) in [5, 5.41) is 12.2. The van der Waals surface area contributed by atoms with Crippen molar-refractivity contribution in [1.82, 2.24) is 0 Å². The third-order valence-electron chi connectivity index (χ3n) is 4.22. The number of rotatable bonds is 3. The molecule has 1 amide bonds. The zero-order valence-electron chi connectivity index (χ0n) is 11.9. The standard InChI is InChI=1S/C16H17NO4/c1-9-3-5-10(6-4-9)17-14(18)13-12(15(19)20)11-7-8-16(13,2)21-11/h3-8,11-13H,1-2H3,(H,17,18)(H,19,20)/t11-,12+,13-,16-/m1/s1. The number of carbonyl (C=O) groups is 2. The van der Waals surface area contributed by atoms with Crippen molar-refractivity contribution in [2.75, 3.05) is 5.32 Å². The molecule has 2 heterocycles. The van der Waals surface area contributed by atoms with Gasteiger partial charge in [0.05, 0.1) is 17.6 Å². The smallest absolute Gasteiger partial charge is 0.310 e. The Hall–Kier alpha value is -2.14. The van der Waals surface area contributed by atoms with Gasteiger partial charge in [-0.05, 0) is 26.0 Å². The average molecular weight is 287 g/mol. The summed E-state index contributed by atoms with van der Waals surface area (Å²) >= 11 is 0. The van der Waals surface area contributed by atoms with Gasteiger partial charge in [-0.25, -0.2) is 0 Å². The molecule has 5 heteroatoms. The second-order valence-corrected chi connectivity index (χ2v) is 5.82. The Bertz CT molecular complexity index is 622. The number of hydrogen-bond acceptors (Lipinski definition) is 3. The lowest BCUT2D eigenvalue weighted by Crippen LogP contribution is -2.44. The van der Waals surface area contributed by atoms with E-state index in [4.69, 9.17) is 4.74 Å². The number of carbonyl (C=O) groups excluding carboxylic acids is 1. The number of aryl methyl sites for hydroxylation is 1. The molecule has 1 aromatic carbocycles. The normalized spacial score (nSPS) is 33.1. The largest absolute Gasteiger partial charge is 0.481 e. The van der Waals surface area contributed by atoms with Crippen LogP contribution in [0.25, 0.3) is 0 Å². The third-order valence-corrected chi connectivity index (χ3v) is 4.22. The first-order valence-corrected chi connectivity index (χ1v) is 6.88. The summed E-state index contributed by atoms with van der Waals surface area (Å²) in [5.74, 6) is -2.89. The summed E-state index contributed by atoms with van der Waals surface area (Å²) in [4.78, 5) is 24.0. The predicted octanol–water partition coefficient (Wildman–Crippen LogP) is 1.98. The lowest BCUT2D eigenvalue weighted by atomic mass is 9.75. The maximum absolute atomic E-state index is 12.5. The van der Waals surface area contributed by atoms with Crippen LogP contribution in [0.1, 0.15) is 12.5 Å². The molecule has 0 radical (unpaired) electrons. The van der Waals surface area contributed by atoms with E-state index in [1.807, 2.05) is 19.1 Å². The molecule has 21 heavy (non-hydrogen) atoms. The second kappa shape index (κ2) is 4.70. The van der Waals surface area contributed by atoms with Crippen LogP contribution in [0, 0.1) is 18.8 Å². The lowest BCUT2D eigenvalue weighted by Gasteiger charge is -2.27. The van der Waals surface area contributed by atoms with Crippen molar-refractivity contribution >= 4 is 17.6 Å². The fourth-order valence-electron chi connectivity index (χ4n) is 3.14. The molecule has 0 saturated carbocycles. The molecular formula is C16H17NO4. The fourth-order valence-corrected chi connectivity index (χ4v) is 3.14. The summed E-state index contributed by atoms with van der Waals surface area (Å²) in [6.45, 7) is 3.72. The van der Waals surface area contributed by atoms with Gasteiger partial charge in [-0.15, -0.1) is 0 Å². The number of fused-ring (bicyclic) bond motifs is 2. The van der Waals surface area contributed by atoms with Gasteiger partial charge in [0.25, 0.3) is 0 Å². The molecule has 0 aliphatic carbocycles. The number of amides is 1. The van der Waals surface area contributed by atoms with E-state index in [0.717, 1.165) is 5.56 Å². The van der Waals surface area contributed by atoms with E-state index in [-0.39, 0.29) is 5.91 Å². The molecule has 0 spiro atoms. The number of carboxylic acids is 1. The van der Waals surface area contributed by atoms with Crippen LogP contribution in [0.5, 0.6) is 0 Å². The molecule has 4 atom stereocenters. The van der Waals surface area contributed by atoms with Crippen LogP contribution in [-0.2, 0) is 14.3 Å². The van der Waals surface area contributed by atoms with Crippen molar-refractivity contribution in [3.8, 4) is 0 Å². The molecule has 2 bridgehead atoms. The van der Waals surface area contributed by atoms with E-state index >= 15 is 0 Å². The monoisotopic (exact) mass is 287 g/mol. The van der Waals surface area contributed by atoms with Crippen molar-refractivity contribution in [3.63, 3.8) is 0 Å². The molecule has 0 aromatic heterocycles. The minimum Gasteiger partial charge on any atom is -0.481 e. The van der Waals surface area contributed by atoms with Crippen LogP contribution in [-0.4, -0.2) is 28.7 Å². The Morgan fingerprint density at radius 1 is 1.29 bits per heavy atom. The van der Waals surface area contributed by atoms with E-state index in [1.165, 1.54) is 0 Å². The number of anilines is 1. The van der Waals surface area contributed by atoms with Gasteiger partial charge in [0.15, 0.2) is 0 Å². The topological polar surface area (TPSA) is 75.6 Å². The Morgan fingerprint density at radius 3 is 2.57 bits per heavy atom. The quantitative estimate of drug-likeness (QED) is 0.833. The number of hydrogen-bond donors (Lipinski definition) is 2. The number of carboxylic acid groups (broad SMARTS) is 1. The lowest BCUT2D eigenvalue weighted by molar-refractivity contribution is -0.146. The molecular weight excluding hydrogens is 270 g/mol. The summed E-state index contributed by atoms with van der Waals surface area (Å²) in [6, 6.07) is 7.39. The van der Waals surface area contributed by atoms with Gasteiger partial charge in [0.1, 0.15) is 5.92 Å². The zero-order chi connectivity index (χ0) is 15.2. The van der Waals surface area contributed by atoms with Gasteiger partial charge >= 0.3 is 5.97 Å².